The average molecular weight is 556 g/mol. The van der Waals surface area contributed by atoms with Crippen LogP contribution in [0.15, 0.2) is 71.9 Å². The molecule has 0 aliphatic carbocycles. The van der Waals surface area contributed by atoms with Gasteiger partial charge in [0.1, 0.15) is 11.6 Å². The second-order valence-corrected chi connectivity index (χ2v) is 7.67. The van der Waals surface area contributed by atoms with E-state index in [1.54, 1.807) is 0 Å². The summed E-state index contributed by atoms with van der Waals surface area (Å²) in [6, 6.07) is 20.4. The highest BCUT2D eigenvalue weighted by atomic mass is 127. The number of aromatic nitrogens is 5. The molecule has 0 amide bonds. The van der Waals surface area contributed by atoms with Gasteiger partial charge in [-0.2, -0.15) is 0 Å². The average Bonchev–Trinajstić information content (AvgIpc) is 3.42. The molecule has 4 rings (SSSR count). The summed E-state index contributed by atoms with van der Waals surface area (Å²) >= 11 is 0. The second kappa shape index (κ2) is 11.6. The molecule has 33 heavy (non-hydrogen) atoms. The van der Waals surface area contributed by atoms with Crippen LogP contribution >= 0.6 is 24.0 Å². The number of hydrogen-bond donors (Lipinski definition) is 2. The van der Waals surface area contributed by atoms with Crippen molar-refractivity contribution in [1.29, 1.82) is 0 Å². The van der Waals surface area contributed by atoms with Crippen molar-refractivity contribution < 1.29 is 0 Å². The van der Waals surface area contributed by atoms with Gasteiger partial charge < -0.3 is 19.8 Å². The number of aryl methyl sites for hydroxylation is 1. The lowest BCUT2D eigenvalue weighted by Gasteiger charge is -2.21. The predicted molar refractivity (Wildman–Crippen MR) is 141 cm³/mol. The first-order valence-corrected chi connectivity index (χ1v) is 10.6. The Morgan fingerprint density at radius 1 is 1.06 bits per heavy atom. The monoisotopic (exact) mass is 556 g/mol. The predicted octanol–water partition coefficient (Wildman–Crippen LogP) is 3.91. The van der Waals surface area contributed by atoms with Gasteiger partial charge in [0.05, 0.1) is 31.5 Å². The fourth-order valence-corrected chi connectivity index (χ4v) is 3.33. The van der Waals surface area contributed by atoms with Crippen molar-refractivity contribution in [2.75, 3.05) is 7.05 Å². The molecule has 0 atom stereocenters. The minimum atomic E-state index is 0. The molecule has 0 fully saturated rings. The van der Waals surface area contributed by atoms with Gasteiger partial charge in [-0.15, -0.1) is 34.2 Å². The van der Waals surface area contributed by atoms with E-state index >= 15 is 0 Å². The lowest BCUT2D eigenvalue weighted by Crippen LogP contribution is -2.39. The zero-order valence-electron chi connectivity index (χ0n) is 19.1. The van der Waals surface area contributed by atoms with Gasteiger partial charge in [-0.1, -0.05) is 60.7 Å². The minimum Gasteiger partial charge on any atom is -0.349 e. The van der Waals surface area contributed by atoms with Crippen LogP contribution in [0.25, 0.3) is 11.3 Å². The van der Waals surface area contributed by atoms with E-state index in [1.165, 1.54) is 0 Å². The molecule has 8 nitrogen and oxygen atoms in total. The van der Waals surface area contributed by atoms with Gasteiger partial charge >= 0.3 is 0 Å². The Hall–Kier alpha value is -3.21. The summed E-state index contributed by atoms with van der Waals surface area (Å²) in [5.41, 5.74) is 3.26. The zero-order chi connectivity index (χ0) is 22.3. The highest BCUT2D eigenvalue weighted by Crippen LogP contribution is 2.16. The molecule has 172 valence electrons. The molecule has 0 radical (unpaired) electrons. The number of nitrogens with zero attached hydrogens (tertiary/aromatic N) is 6. The van der Waals surface area contributed by atoms with E-state index in [-0.39, 0.29) is 24.0 Å². The largest absolute Gasteiger partial charge is 0.349 e. The van der Waals surface area contributed by atoms with E-state index in [1.807, 2.05) is 68.2 Å². The number of benzene rings is 2. The standard InChI is InChI=1S/C24H28N8.HI/c1-18-29-30-23(32(18)3)16-27-24(26-14-19-10-6-4-7-11-19)31(2)17-22-25-15-21(28-22)20-12-8-5-9-13-20;/h4-13,15H,14,16-17H2,1-3H3,(H,25,28)(H,26,27);1H. The maximum absolute atomic E-state index is 4.84. The molecule has 4 aromatic rings. The van der Waals surface area contributed by atoms with Crippen LogP contribution < -0.4 is 5.32 Å². The highest BCUT2D eigenvalue weighted by molar-refractivity contribution is 14.0. The fourth-order valence-electron chi connectivity index (χ4n) is 3.33. The topological polar surface area (TPSA) is 87.0 Å². The van der Waals surface area contributed by atoms with Crippen LogP contribution in [0.3, 0.4) is 0 Å². The molecule has 0 bridgehead atoms. The molecule has 2 aromatic heterocycles. The molecule has 9 heteroatoms. The molecule has 2 N–H and O–H groups in total. The molecule has 0 spiro atoms. The third kappa shape index (κ3) is 6.41. The van der Waals surface area contributed by atoms with Crippen molar-refractivity contribution in [3.63, 3.8) is 0 Å². The van der Waals surface area contributed by atoms with Crippen molar-refractivity contribution >= 4 is 29.9 Å². The Morgan fingerprint density at radius 2 is 1.76 bits per heavy atom. The lowest BCUT2D eigenvalue weighted by molar-refractivity contribution is 0.460. The van der Waals surface area contributed by atoms with Gasteiger partial charge in [0.25, 0.3) is 0 Å². The summed E-state index contributed by atoms with van der Waals surface area (Å²) in [6.45, 7) is 3.64. The Morgan fingerprint density at radius 3 is 2.42 bits per heavy atom. The summed E-state index contributed by atoms with van der Waals surface area (Å²) in [5.74, 6) is 3.37. The molecule has 0 unspecified atom stereocenters. The molecule has 0 saturated carbocycles. The van der Waals surface area contributed by atoms with Crippen LogP contribution in [0, 0.1) is 6.92 Å². The molecule has 0 saturated heterocycles. The van der Waals surface area contributed by atoms with E-state index < -0.39 is 0 Å². The first kappa shape index (κ1) is 24.4. The van der Waals surface area contributed by atoms with Crippen molar-refractivity contribution in [3.8, 4) is 11.3 Å². The first-order valence-electron chi connectivity index (χ1n) is 10.6. The van der Waals surface area contributed by atoms with Gasteiger partial charge in [-0.05, 0) is 18.1 Å². The second-order valence-electron chi connectivity index (χ2n) is 7.67. The summed E-state index contributed by atoms with van der Waals surface area (Å²) < 4.78 is 1.97. The number of H-pyrrole nitrogens is 1. The van der Waals surface area contributed by atoms with Gasteiger partial charge in [0.15, 0.2) is 11.8 Å². The number of aliphatic imine (C=N–C) groups is 1. The number of aromatic amines is 1. The molecular weight excluding hydrogens is 527 g/mol. The number of halogens is 1. The van der Waals surface area contributed by atoms with Gasteiger partial charge in [-0.25, -0.2) is 9.98 Å². The highest BCUT2D eigenvalue weighted by Gasteiger charge is 2.12. The molecule has 0 aliphatic rings. The quantitative estimate of drug-likeness (QED) is 0.205. The minimum absolute atomic E-state index is 0. The Balaban J connectivity index is 0.00000306. The van der Waals surface area contributed by atoms with E-state index in [0.717, 1.165) is 40.3 Å². The third-order valence-electron chi connectivity index (χ3n) is 5.30. The van der Waals surface area contributed by atoms with E-state index in [2.05, 4.69) is 54.6 Å². The van der Waals surface area contributed by atoms with Gasteiger partial charge in [0.2, 0.25) is 0 Å². The van der Waals surface area contributed by atoms with E-state index in [4.69, 9.17) is 4.99 Å². The fraction of sp³-hybridized carbons (Fsp3) is 0.250. The van der Waals surface area contributed by atoms with Crippen molar-refractivity contribution in [2.24, 2.45) is 12.0 Å². The van der Waals surface area contributed by atoms with Gasteiger partial charge in [-0.3, -0.25) is 0 Å². The summed E-state index contributed by atoms with van der Waals surface area (Å²) in [5, 5.41) is 11.8. The summed E-state index contributed by atoms with van der Waals surface area (Å²) in [7, 11) is 3.97. The summed E-state index contributed by atoms with van der Waals surface area (Å²) in [6.07, 6.45) is 1.87. The van der Waals surface area contributed by atoms with Crippen LogP contribution in [0.4, 0.5) is 0 Å². The SMILES string of the molecule is Cc1nnc(CNC(=NCc2ccccc2)N(C)Cc2ncc(-c3ccccc3)[nH]2)n1C.I. The zero-order valence-corrected chi connectivity index (χ0v) is 21.4. The normalized spacial score (nSPS) is 11.2. The van der Waals surface area contributed by atoms with Crippen molar-refractivity contribution in [3.05, 3.63) is 89.9 Å². The first-order chi connectivity index (χ1) is 15.6. The van der Waals surface area contributed by atoms with Gasteiger partial charge in [0, 0.05) is 14.1 Å². The number of nitrogens with one attached hydrogen (secondary N) is 2. The molecular formula is C24H29IN8. The third-order valence-corrected chi connectivity index (χ3v) is 5.30. The maximum atomic E-state index is 4.84. The Labute approximate surface area is 211 Å². The van der Waals surface area contributed by atoms with Crippen LogP contribution in [0.1, 0.15) is 23.0 Å². The van der Waals surface area contributed by atoms with Crippen LogP contribution in [-0.4, -0.2) is 42.6 Å². The Bertz CT molecular complexity index is 1170. The molecule has 2 heterocycles. The van der Waals surface area contributed by atoms with E-state index in [0.29, 0.717) is 19.6 Å². The molecule has 2 aromatic carbocycles. The Kier molecular flexibility index (Phi) is 8.58. The van der Waals surface area contributed by atoms with E-state index in [9.17, 15) is 0 Å². The maximum Gasteiger partial charge on any atom is 0.194 e. The van der Waals surface area contributed by atoms with Crippen molar-refractivity contribution in [2.45, 2.75) is 26.6 Å². The smallest absolute Gasteiger partial charge is 0.194 e. The summed E-state index contributed by atoms with van der Waals surface area (Å²) in [4.78, 5) is 14.9. The number of rotatable bonds is 7. The van der Waals surface area contributed by atoms with Crippen LogP contribution in [0.2, 0.25) is 0 Å². The van der Waals surface area contributed by atoms with Crippen molar-refractivity contribution in [1.82, 2.24) is 34.9 Å². The number of guanidine groups is 1. The number of hydrogen-bond acceptors (Lipinski definition) is 4. The molecule has 0 aliphatic heterocycles. The lowest BCUT2D eigenvalue weighted by atomic mass is 10.2. The number of imidazole rings is 1. The van der Waals surface area contributed by atoms with Crippen LogP contribution in [0.5, 0.6) is 0 Å². The van der Waals surface area contributed by atoms with Crippen LogP contribution in [-0.2, 0) is 26.7 Å².